The fourth-order valence-corrected chi connectivity index (χ4v) is 1.34. The molecule has 0 unspecified atom stereocenters. The number of carbonyl (C=O) groups is 2. The van der Waals surface area contributed by atoms with Crippen LogP contribution in [0.15, 0.2) is 0 Å². The van der Waals surface area contributed by atoms with E-state index in [1.54, 1.807) is 0 Å². The van der Waals surface area contributed by atoms with Gasteiger partial charge in [0, 0.05) is 12.8 Å². The molecule has 0 atom stereocenters. The molecule has 0 radical (unpaired) electrons. The van der Waals surface area contributed by atoms with E-state index >= 15 is 0 Å². The molecule has 0 spiro atoms. The molecule has 0 bridgehead atoms. The Bertz CT molecular complexity index is 177. The van der Waals surface area contributed by atoms with E-state index < -0.39 is 0 Å². The largest absolute Gasteiger partial charge is 0.466 e. The molecule has 0 fully saturated rings. The van der Waals surface area contributed by atoms with Gasteiger partial charge in [-0.1, -0.05) is 33.1 Å². The van der Waals surface area contributed by atoms with Gasteiger partial charge in [0.15, 0.2) is 0 Å². The summed E-state index contributed by atoms with van der Waals surface area (Å²) in [5.41, 5.74) is 0. The summed E-state index contributed by atoms with van der Waals surface area (Å²) >= 11 is 0. The molecule has 0 aliphatic carbocycles. The van der Waals surface area contributed by atoms with Crippen molar-refractivity contribution in [3.63, 3.8) is 0 Å². The molecule has 0 aromatic heterocycles. The molecule has 0 amide bonds. The van der Waals surface area contributed by atoms with E-state index in [9.17, 15) is 9.59 Å². The number of Topliss-reactive ketones (excluding diaryl/α,β-unsaturated/α-hetero) is 1. The number of ketones is 1. The summed E-state index contributed by atoms with van der Waals surface area (Å²) in [5.74, 6) is -0.0572. The fraction of sp³-hybridized carbons (Fsp3) is 0.846. The van der Waals surface area contributed by atoms with E-state index in [0.29, 0.717) is 19.4 Å². The standard InChI is InChI=1S/C13H24O3/c1-3-5-7-8-12(14)9-10-13(15)16-11-6-4-2/h3-11H2,1-2H3. The minimum absolute atomic E-state index is 0.181. The lowest BCUT2D eigenvalue weighted by atomic mass is 10.1. The van der Waals surface area contributed by atoms with Gasteiger partial charge in [-0.2, -0.15) is 0 Å². The maximum Gasteiger partial charge on any atom is 0.306 e. The zero-order valence-electron chi connectivity index (χ0n) is 10.6. The molecule has 0 aliphatic rings. The van der Waals surface area contributed by atoms with Gasteiger partial charge in [-0.05, 0) is 12.8 Å². The van der Waals surface area contributed by atoms with Crippen molar-refractivity contribution in [2.24, 2.45) is 0 Å². The van der Waals surface area contributed by atoms with E-state index in [1.165, 1.54) is 0 Å². The van der Waals surface area contributed by atoms with Crippen LogP contribution in [-0.2, 0) is 14.3 Å². The van der Waals surface area contributed by atoms with Gasteiger partial charge in [0.05, 0.1) is 13.0 Å². The Labute approximate surface area is 98.6 Å². The number of rotatable bonds is 10. The number of hydrogen-bond acceptors (Lipinski definition) is 3. The summed E-state index contributed by atoms with van der Waals surface area (Å²) in [5, 5.41) is 0. The van der Waals surface area contributed by atoms with Gasteiger partial charge in [-0.25, -0.2) is 0 Å². The molecule has 94 valence electrons. The SMILES string of the molecule is CCCCCC(=O)CCC(=O)OCCCC. The van der Waals surface area contributed by atoms with Gasteiger partial charge in [0.1, 0.15) is 5.78 Å². The van der Waals surface area contributed by atoms with Crippen molar-refractivity contribution in [1.82, 2.24) is 0 Å². The van der Waals surface area contributed by atoms with E-state index in [0.717, 1.165) is 32.1 Å². The van der Waals surface area contributed by atoms with Crippen molar-refractivity contribution in [1.29, 1.82) is 0 Å². The van der Waals surface area contributed by atoms with Gasteiger partial charge in [-0.15, -0.1) is 0 Å². The second kappa shape index (κ2) is 10.7. The molecule has 0 aliphatic heterocycles. The van der Waals surface area contributed by atoms with Crippen molar-refractivity contribution in [2.45, 2.75) is 65.2 Å². The molecule has 0 rings (SSSR count). The Morgan fingerprint density at radius 1 is 0.875 bits per heavy atom. The first-order valence-corrected chi connectivity index (χ1v) is 6.38. The van der Waals surface area contributed by atoms with Crippen molar-refractivity contribution >= 4 is 11.8 Å². The van der Waals surface area contributed by atoms with Gasteiger partial charge in [-0.3, -0.25) is 9.59 Å². The molecule has 0 heterocycles. The van der Waals surface area contributed by atoms with Crippen molar-refractivity contribution in [2.75, 3.05) is 6.61 Å². The van der Waals surface area contributed by atoms with E-state index in [4.69, 9.17) is 4.74 Å². The molecule has 3 nitrogen and oxygen atoms in total. The van der Waals surface area contributed by atoms with Crippen LogP contribution in [0, 0.1) is 0 Å². The maximum atomic E-state index is 11.3. The van der Waals surface area contributed by atoms with Crippen molar-refractivity contribution < 1.29 is 14.3 Å². The maximum absolute atomic E-state index is 11.3. The average molecular weight is 228 g/mol. The number of hydrogen-bond donors (Lipinski definition) is 0. The van der Waals surface area contributed by atoms with Crippen LogP contribution in [0.3, 0.4) is 0 Å². The monoisotopic (exact) mass is 228 g/mol. The normalized spacial score (nSPS) is 10.1. The Hall–Kier alpha value is -0.860. The first-order valence-electron chi connectivity index (χ1n) is 6.38. The first-order chi connectivity index (χ1) is 7.70. The zero-order chi connectivity index (χ0) is 12.2. The van der Waals surface area contributed by atoms with Crippen LogP contribution < -0.4 is 0 Å². The molecule has 16 heavy (non-hydrogen) atoms. The molecule has 0 aromatic carbocycles. The lowest BCUT2D eigenvalue weighted by Gasteiger charge is -2.03. The predicted molar refractivity (Wildman–Crippen MR) is 64.3 cm³/mol. The van der Waals surface area contributed by atoms with Crippen molar-refractivity contribution in [3.05, 3.63) is 0 Å². The zero-order valence-corrected chi connectivity index (χ0v) is 10.6. The molecule has 0 aromatic rings. The third-order valence-corrected chi connectivity index (χ3v) is 2.43. The third kappa shape index (κ3) is 9.69. The van der Waals surface area contributed by atoms with E-state index in [-0.39, 0.29) is 18.2 Å². The smallest absolute Gasteiger partial charge is 0.306 e. The van der Waals surface area contributed by atoms with Crippen LogP contribution in [0.25, 0.3) is 0 Å². The highest BCUT2D eigenvalue weighted by Crippen LogP contribution is 2.04. The highest BCUT2D eigenvalue weighted by Gasteiger charge is 2.07. The quantitative estimate of drug-likeness (QED) is 0.426. The lowest BCUT2D eigenvalue weighted by Crippen LogP contribution is -2.08. The fourth-order valence-electron chi connectivity index (χ4n) is 1.34. The first kappa shape index (κ1) is 15.1. The van der Waals surface area contributed by atoms with Gasteiger partial charge >= 0.3 is 5.97 Å². The number of esters is 1. The molecular formula is C13H24O3. The van der Waals surface area contributed by atoms with E-state index in [2.05, 4.69) is 6.92 Å². The molecule has 0 saturated carbocycles. The Morgan fingerprint density at radius 3 is 2.19 bits per heavy atom. The summed E-state index contributed by atoms with van der Waals surface area (Å²) in [4.78, 5) is 22.5. The summed E-state index contributed by atoms with van der Waals surface area (Å²) in [7, 11) is 0. The van der Waals surface area contributed by atoms with Gasteiger partial charge in [0.25, 0.3) is 0 Å². The second-order valence-corrected chi connectivity index (χ2v) is 4.07. The number of unbranched alkanes of at least 4 members (excludes halogenated alkanes) is 3. The number of ether oxygens (including phenoxy) is 1. The third-order valence-electron chi connectivity index (χ3n) is 2.43. The van der Waals surface area contributed by atoms with Gasteiger partial charge in [0.2, 0.25) is 0 Å². The van der Waals surface area contributed by atoms with E-state index in [1.807, 2.05) is 6.92 Å². The predicted octanol–water partition coefficient (Wildman–Crippen LogP) is 3.26. The summed E-state index contributed by atoms with van der Waals surface area (Å²) < 4.78 is 4.97. The van der Waals surface area contributed by atoms with Crippen LogP contribution in [-0.4, -0.2) is 18.4 Å². The lowest BCUT2D eigenvalue weighted by molar-refractivity contribution is -0.144. The van der Waals surface area contributed by atoms with Crippen LogP contribution in [0.5, 0.6) is 0 Å². The highest BCUT2D eigenvalue weighted by atomic mass is 16.5. The highest BCUT2D eigenvalue weighted by molar-refractivity contribution is 5.82. The summed E-state index contributed by atoms with van der Waals surface area (Å²) in [6, 6.07) is 0. The summed E-state index contributed by atoms with van der Waals surface area (Å²) in [6.45, 7) is 4.64. The Balaban J connectivity index is 3.40. The Morgan fingerprint density at radius 2 is 1.56 bits per heavy atom. The summed E-state index contributed by atoms with van der Waals surface area (Å²) in [6.07, 6.45) is 6.26. The molecule has 0 N–H and O–H groups in total. The van der Waals surface area contributed by atoms with Crippen LogP contribution in [0.4, 0.5) is 0 Å². The minimum atomic E-state index is -0.239. The van der Waals surface area contributed by atoms with Crippen LogP contribution in [0.2, 0.25) is 0 Å². The Kier molecular flexibility index (Phi) is 10.1. The molecule has 0 saturated heterocycles. The van der Waals surface area contributed by atoms with Crippen LogP contribution in [0.1, 0.15) is 65.2 Å². The molecule has 3 heteroatoms. The second-order valence-electron chi connectivity index (χ2n) is 4.07. The average Bonchev–Trinajstić information content (AvgIpc) is 2.27. The number of carbonyl (C=O) groups excluding carboxylic acids is 2. The van der Waals surface area contributed by atoms with Crippen LogP contribution >= 0.6 is 0 Å². The van der Waals surface area contributed by atoms with Gasteiger partial charge < -0.3 is 4.74 Å². The molecular weight excluding hydrogens is 204 g/mol. The topological polar surface area (TPSA) is 43.4 Å². The minimum Gasteiger partial charge on any atom is -0.466 e. The van der Waals surface area contributed by atoms with Crippen molar-refractivity contribution in [3.8, 4) is 0 Å².